The molecule has 1 aliphatic carbocycles. The first kappa shape index (κ1) is 12.1. The third-order valence-corrected chi connectivity index (χ3v) is 4.26. The second-order valence-electron chi connectivity index (χ2n) is 5.54. The van der Waals surface area contributed by atoms with Crippen LogP contribution in [0.25, 0.3) is 5.65 Å². The van der Waals surface area contributed by atoms with Crippen LogP contribution in [-0.4, -0.2) is 38.7 Å². The molecule has 6 heteroatoms. The fourth-order valence-corrected chi connectivity index (χ4v) is 3.33. The monoisotopic (exact) mass is 275 g/mol. The highest BCUT2D eigenvalue weighted by molar-refractivity contribution is 5.41. The van der Waals surface area contributed by atoms with Gasteiger partial charge in [0.05, 0.1) is 25.1 Å². The Kier molecular flexibility index (Phi) is 2.68. The molecular formula is C14H17N3O3. The molecule has 2 aliphatic rings. The summed E-state index contributed by atoms with van der Waals surface area (Å²) < 4.78 is 13.0. The predicted octanol–water partition coefficient (Wildman–Crippen LogP) is 1.84. The highest BCUT2D eigenvalue weighted by Crippen LogP contribution is 2.43. The largest absolute Gasteiger partial charge is 0.493 e. The fourth-order valence-electron chi connectivity index (χ4n) is 3.33. The van der Waals surface area contributed by atoms with Crippen LogP contribution in [0.2, 0.25) is 0 Å². The minimum atomic E-state index is -0.424. The van der Waals surface area contributed by atoms with Crippen molar-refractivity contribution < 1.29 is 14.6 Å². The van der Waals surface area contributed by atoms with Crippen molar-refractivity contribution in [2.75, 3.05) is 13.2 Å². The van der Waals surface area contributed by atoms with E-state index in [9.17, 15) is 5.11 Å². The van der Waals surface area contributed by atoms with Crippen LogP contribution in [0.4, 0.5) is 0 Å². The average Bonchev–Trinajstić information content (AvgIpc) is 3.08. The first-order valence-corrected chi connectivity index (χ1v) is 7.07. The summed E-state index contributed by atoms with van der Waals surface area (Å²) in [6.45, 7) is 1.35. The number of fused-ring (bicyclic) bond motifs is 1. The van der Waals surface area contributed by atoms with E-state index in [1.807, 2.05) is 0 Å². The standard InChI is InChI=1S/C14H17N3O3/c18-13-8-11(16-12-3-5-15-17(12)13)10-2-1-4-14(9-10)19-6-7-20-14/h3,5,8,10,18H,1-2,4,6-7,9H2. The van der Waals surface area contributed by atoms with Crippen molar-refractivity contribution >= 4 is 5.65 Å². The molecule has 1 atom stereocenters. The van der Waals surface area contributed by atoms with Gasteiger partial charge in [-0.2, -0.15) is 9.61 Å². The Bertz CT molecular complexity index is 634. The molecule has 0 aromatic carbocycles. The molecule has 3 heterocycles. The molecule has 0 bridgehead atoms. The normalized spacial score (nSPS) is 25.5. The Morgan fingerprint density at radius 3 is 3.05 bits per heavy atom. The van der Waals surface area contributed by atoms with Crippen LogP contribution in [0.15, 0.2) is 18.3 Å². The molecule has 106 valence electrons. The van der Waals surface area contributed by atoms with Crippen LogP contribution in [0, 0.1) is 0 Å². The van der Waals surface area contributed by atoms with Crippen LogP contribution in [-0.2, 0) is 9.47 Å². The molecule has 20 heavy (non-hydrogen) atoms. The van der Waals surface area contributed by atoms with Gasteiger partial charge in [0, 0.05) is 30.9 Å². The lowest BCUT2D eigenvalue weighted by molar-refractivity contribution is -0.180. The van der Waals surface area contributed by atoms with Gasteiger partial charge < -0.3 is 14.6 Å². The summed E-state index contributed by atoms with van der Waals surface area (Å²) in [6, 6.07) is 3.50. The van der Waals surface area contributed by atoms with Crippen molar-refractivity contribution in [3.05, 3.63) is 24.0 Å². The van der Waals surface area contributed by atoms with Crippen molar-refractivity contribution in [1.29, 1.82) is 0 Å². The van der Waals surface area contributed by atoms with Gasteiger partial charge in [0.1, 0.15) is 0 Å². The number of aromatic nitrogens is 3. The molecule has 1 saturated carbocycles. The summed E-state index contributed by atoms with van der Waals surface area (Å²) in [5.41, 5.74) is 1.57. The zero-order chi connectivity index (χ0) is 13.6. The van der Waals surface area contributed by atoms with E-state index in [0.29, 0.717) is 18.9 Å². The van der Waals surface area contributed by atoms with E-state index in [1.54, 1.807) is 18.3 Å². The first-order valence-electron chi connectivity index (χ1n) is 7.07. The minimum Gasteiger partial charge on any atom is -0.493 e. The fraction of sp³-hybridized carbons (Fsp3) is 0.571. The Balaban J connectivity index is 1.67. The lowest BCUT2D eigenvalue weighted by Gasteiger charge is -2.35. The van der Waals surface area contributed by atoms with Gasteiger partial charge in [0.2, 0.25) is 5.88 Å². The zero-order valence-electron chi connectivity index (χ0n) is 11.2. The van der Waals surface area contributed by atoms with Crippen molar-refractivity contribution in [1.82, 2.24) is 14.6 Å². The van der Waals surface area contributed by atoms with Gasteiger partial charge in [-0.1, -0.05) is 0 Å². The number of nitrogens with zero attached hydrogens (tertiary/aromatic N) is 3. The molecule has 2 aromatic rings. The molecule has 4 rings (SSSR count). The van der Waals surface area contributed by atoms with Crippen molar-refractivity contribution in [2.45, 2.75) is 37.4 Å². The maximum Gasteiger partial charge on any atom is 0.215 e. The molecule has 1 saturated heterocycles. The predicted molar refractivity (Wildman–Crippen MR) is 70.5 cm³/mol. The van der Waals surface area contributed by atoms with E-state index in [1.165, 1.54) is 4.52 Å². The topological polar surface area (TPSA) is 68.9 Å². The van der Waals surface area contributed by atoms with Gasteiger partial charge in [0.25, 0.3) is 0 Å². The molecule has 1 N–H and O–H groups in total. The first-order chi connectivity index (χ1) is 9.76. The molecule has 2 aromatic heterocycles. The lowest BCUT2D eigenvalue weighted by atomic mass is 9.82. The van der Waals surface area contributed by atoms with Gasteiger partial charge in [0.15, 0.2) is 11.4 Å². The quantitative estimate of drug-likeness (QED) is 0.860. The van der Waals surface area contributed by atoms with E-state index < -0.39 is 5.79 Å². The Morgan fingerprint density at radius 1 is 1.35 bits per heavy atom. The SMILES string of the molecule is Oc1cc(C2CCCC3(C2)OCCO3)nc2ccnn12. The van der Waals surface area contributed by atoms with Gasteiger partial charge in [-0.3, -0.25) is 0 Å². The average molecular weight is 275 g/mol. The second-order valence-corrected chi connectivity index (χ2v) is 5.54. The number of hydrogen-bond acceptors (Lipinski definition) is 5. The summed E-state index contributed by atoms with van der Waals surface area (Å²) in [6.07, 6.45) is 5.49. The second kappa shape index (κ2) is 4.43. The van der Waals surface area contributed by atoms with Crippen LogP contribution in [0.1, 0.15) is 37.3 Å². The van der Waals surface area contributed by atoms with E-state index >= 15 is 0 Å². The Hall–Kier alpha value is -1.66. The summed E-state index contributed by atoms with van der Waals surface area (Å²) in [4.78, 5) is 4.60. The number of ether oxygens (including phenoxy) is 2. The maximum absolute atomic E-state index is 10.0. The van der Waals surface area contributed by atoms with Crippen LogP contribution in [0.5, 0.6) is 5.88 Å². The number of rotatable bonds is 1. The minimum absolute atomic E-state index is 0.128. The molecule has 0 amide bonds. The summed E-state index contributed by atoms with van der Waals surface area (Å²) >= 11 is 0. The van der Waals surface area contributed by atoms with E-state index in [-0.39, 0.29) is 11.8 Å². The summed E-state index contributed by atoms with van der Waals surface area (Å²) in [5, 5.41) is 14.1. The summed E-state index contributed by atoms with van der Waals surface area (Å²) in [7, 11) is 0. The van der Waals surface area contributed by atoms with Gasteiger partial charge in [-0.25, -0.2) is 4.98 Å². The van der Waals surface area contributed by atoms with E-state index in [4.69, 9.17) is 9.47 Å². The maximum atomic E-state index is 10.0. The van der Waals surface area contributed by atoms with E-state index in [0.717, 1.165) is 31.4 Å². The van der Waals surface area contributed by atoms with Gasteiger partial charge in [-0.05, 0) is 12.8 Å². The van der Waals surface area contributed by atoms with Gasteiger partial charge >= 0.3 is 0 Å². The van der Waals surface area contributed by atoms with Crippen LogP contribution >= 0.6 is 0 Å². The molecule has 0 radical (unpaired) electrons. The van der Waals surface area contributed by atoms with Crippen molar-refractivity contribution in [2.24, 2.45) is 0 Å². The van der Waals surface area contributed by atoms with E-state index in [2.05, 4.69) is 10.1 Å². The van der Waals surface area contributed by atoms with Crippen LogP contribution < -0.4 is 0 Å². The highest BCUT2D eigenvalue weighted by Gasteiger charge is 2.42. The summed E-state index contributed by atoms with van der Waals surface area (Å²) in [5.74, 6) is -0.0393. The van der Waals surface area contributed by atoms with Crippen molar-refractivity contribution in [3.8, 4) is 5.88 Å². The molecule has 6 nitrogen and oxygen atoms in total. The molecule has 1 unspecified atom stereocenters. The Labute approximate surface area is 116 Å². The number of aromatic hydroxyl groups is 1. The highest BCUT2D eigenvalue weighted by atomic mass is 16.7. The van der Waals surface area contributed by atoms with Crippen molar-refractivity contribution in [3.63, 3.8) is 0 Å². The third kappa shape index (κ3) is 1.87. The molecule has 1 spiro atoms. The lowest BCUT2D eigenvalue weighted by Crippen LogP contribution is -2.35. The third-order valence-electron chi connectivity index (χ3n) is 4.26. The smallest absolute Gasteiger partial charge is 0.215 e. The molecular weight excluding hydrogens is 258 g/mol. The van der Waals surface area contributed by atoms with Gasteiger partial charge in [-0.15, -0.1) is 0 Å². The molecule has 2 fully saturated rings. The van der Waals surface area contributed by atoms with Crippen LogP contribution in [0.3, 0.4) is 0 Å². The Morgan fingerprint density at radius 2 is 2.20 bits per heavy atom. The number of hydrogen-bond donors (Lipinski definition) is 1. The molecule has 1 aliphatic heterocycles. The zero-order valence-corrected chi connectivity index (χ0v) is 11.2.